The normalized spacial score (nSPS) is 15.2. The van der Waals surface area contributed by atoms with E-state index in [4.69, 9.17) is 0 Å². The number of benzene rings is 1. The van der Waals surface area contributed by atoms with Crippen LogP contribution in [-0.2, 0) is 16.1 Å². The zero-order valence-electron chi connectivity index (χ0n) is 16.1. The number of thioether (sulfide) groups is 1. The van der Waals surface area contributed by atoms with Crippen molar-refractivity contribution >= 4 is 29.3 Å². The highest BCUT2D eigenvalue weighted by molar-refractivity contribution is 7.98. The SMILES string of the molecule is CSc1cccc(NC(=O)C(=O)NCC2CCN(Cc3cccnc3)CC2)c1. The average molecular weight is 399 g/mol. The molecule has 0 radical (unpaired) electrons. The van der Waals surface area contributed by atoms with E-state index >= 15 is 0 Å². The highest BCUT2D eigenvalue weighted by Crippen LogP contribution is 2.19. The number of carbonyl (C=O) groups excluding carboxylic acids is 2. The first kappa shape index (κ1) is 20.4. The molecule has 0 unspecified atom stereocenters. The van der Waals surface area contributed by atoms with Gasteiger partial charge in [-0.05, 0) is 67.9 Å². The van der Waals surface area contributed by atoms with Gasteiger partial charge in [0.25, 0.3) is 0 Å². The van der Waals surface area contributed by atoms with Gasteiger partial charge in [-0.1, -0.05) is 12.1 Å². The molecule has 0 spiro atoms. The van der Waals surface area contributed by atoms with Crippen molar-refractivity contribution in [2.24, 2.45) is 5.92 Å². The standard InChI is InChI=1S/C21H26N4O2S/c1-28-19-6-2-5-18(12-19)24-21(27)20(26)23-14-16-7-10-25(11-8-16)15-17-4-3-9-22-13-17/h2-6,9,12-13,16H,7-8,10-11,14-15H2,1H3,(H,23,26)(H,24,27). The fourth-order valence-corrected chi connectivity index (χ4v) is 3.76. The minimum Gasteiger partial charge on any atom is -0.348 e. The number of carbonyl (C=O) groups is 2. The van der Waals surface area contributed by atoms with Crippen LogP contribution in [0.3, 0.4) is 0 Å². The van der Waals surface area contributed by atoms with Crippen LogP contribution in [0.4, 0.5) is 5.69 Å². The number of likely N-dealkylation sites (tertiary alicyclic amines) is 1. The Morgan fingerprint density at radius 3 is 2.71 bits per heavy atom. The third-order valence-electron chi connectivity index (χ3n) is 4.92. The molecule has 0 saturated carbocycles. The van der Waals surface area contributed by atoms with E-state index in [0.717, 1.165) is 37.4 Å². The largest absolute Gasteiger partial charge is 0.348 e. The molecule has 1 aromatic heterocycles. The molecule has 148 valence electrons. The molecular formula is C21H26N4O2S. The summed E-state index contributed by atoms with van der Waals surface area (Å²) in [6, 6.07) is 11.5. The van der Waals surface area contributed by atoms with Crippen LogP contribution in [0.2, 0.25) is 0 Å². The lowest BCUT2D eigenvalue weighted by Gasteiger charge is -2.31. The molecule has 3 rings (SSSR count). The molecule has 6 nitrogen and oxygen atoms in total. The lowest BCUT2D eigenvalue weighted by atomic mass is 9.96. The van der Waals surface area contributed by atoms with Crippen LogP contribution in [0.25, 0.3) is 0 Å². The first-order valence-corrected chi connectivity index (χ1v) is 10.7. The summed E-state index contributed by atoms with van der Waals surface area (Å²) in [5.74, 6) is -0.790. The van der Waals surface area contributed by atoms with Gasteiger partial charge in [-0.15, -0.1) is 11.8 Å². The van der Waals surface area contributed by atoms with Crippen molar-refractivity contribution in [2.75, 3.05) is 31.2 Å². The van der Waals surface area contributed by atoms with Gasteiger partial charge in [-0.25, -0.2) is 0 Å². The number of hydrogen-bond acceptors (Lipinski definition) is 5. The maximum atomic E-state index is 12.1. The number of piperidine rings is 1. The molecule has 0 aliphatic carbocycles. The van der Waals surface area contributed by atoms with E-state index in [0.29, 0.717) is 18.2 Å². The van der Waals surface area contributed by atoms with Crippen molar-refractivity contribution in [3.8, 4) is 0 Å². The topological polar surface area (TPSA) is 74.3 Å². The first-order valence-electron chi connectivity index (χ1n) is 9.48. The summed E-state index contributed by atoms with van der Waals surface area (Å²) >= 11 is 1.59. The van der Waals surface area contributed by atoms with E-state index in [9.17, 15) is 9.59 Å². The molecule has 2 aromatic rings. The van der Waals surface area contributed by atoms with Gasteiger partial charge in [-0.2, -0.15) is 0 Å². The lowest BCUT2D eigenvalue weighted by Crippen LogP contribution is -2.41. The van der Waals surface area contributed by atoms with E-state index in [1.54, 1.807) is 24.0 Å². The summed E-state index contributed by atoms with van der Waals surface area (Å²) < 4.78 is 0. The number of anilines is 1. The Bertz CT molecular complexity index is 792. The maximum Gasteiger partial charge on any atom is 0.313 e. The Labute approximate surface area is 170 Å². The highest BCUT2D eigenvalue weighted by Gasteiger charge is 2.21. The van der Waals surface area contributed by atoms with E-state index in [1.807, 2.05) is 36.7 Å². The summed E-state index contributed by atoms with van der Waals surface area (Å²) in [5, 5.41) is 5.44. The Morgan fingerprint density at radius 2 is 2.00 bits per heavy atom. The van der Waals surface area contributed by atoms with E-state index in [2.05, 4.69) is 26.6 Å². The summed E-state index contributed by atoms with van der Waals surface area (Å²) in [4.78, 5) is 31.8. The average Bonchev–Trinajstić information content (AvgIpc) is 2.74. The predicted molar refractivity (Wildman–Crippen MR) is 112 cm³/mol. The van der Waals surface area contributed by atoms with Gasteiger partial charge in [0.05, 0.1) is 0 Å². The molecule has 28 heavy (non-hydrogen) atoms. The van der Waals surface area contributed by atoms with Crippen molar-refractivity contribution in [1.82, 2.24) is 15.2 Å². The van der Waals surface area contributed by atoms with E-state index < -0.39 is 11.8 Å². The van der Waals surface area contributed by atoms with Gasteiger partial charge < -0.3 is 10.6 Å². The van der Waals surface area contributed by atoms with Gasteiger partial charge in [0.2, 0.25) is 0 Å². The maximum absolute atomic E-state index is 12.1. The third-order valence-corrected chi connectivity index (χ3v) is 5.65. The quantitative estimate of drug-likeness (QED) is 0.578. The number of amides is 2. The van der Waals surface area contributed by atoms with E-state index in [-0.39, 0.29) is 0 Å². The fourth-order valence-electron chi connectivity index (χ4n) is 3.30. The number of hydrogen-bond donors (Lipinski definition) is 2. The lowest BCUT2D eigenvalue weighted by molar-refractivity contribution is -0.136. The van der Waals surface area contributed by atoms with Crippen LogP contribution in [0, 0.1) is 5.92 Å². The Hall–Kier alpha value is -2.38. The van der Waals surface area contributed by atoms with Crippen LogP contribution in [-0.4, -0.2) is 47.6 Å². The molecule has 1 fully saturated rings. The smallest absolute Gasteiger partial charge is 0.313 e. The van der Waals surface area contributed by atoms with Crippen molar-refractivity contribution in [1.29, 1.82) is 0 Å². The first-order chi connectivity index (χ1) is 13.6. The van der Waals surface area contributed by atoms with Crippen LogP contribution in [0.1, 0.15) is 18.4 Å². The summed E-state index contributed by atoms with van der Waals surface area (Å²) in [6.45, 7) is 3.43. The molecule has 1 aliphatic rings. The van der Waals surface area contributed by atoms with Crippen molar-refractivity contribution < 1.29 is 9.59 Å². The van der Waals surface area contributed by atoms with Gasteiger partial charge >= 0.3 is 11.8 Å². The molecule has 7 heteroatoms. The van der Waals surface area contributed by atoms with Gasteiger partial charge in [0, 0.05) is 36.1 Å². The number of nitrogens with zero attached hydrogens (tertiary/aromatic N) is 2. The van der Waals surface area contributed by atoms with Crippen LogP contribution in [0.15, 0.2) is 53.7 Å². The van der Waals surface area contributed by atoms with Crippen molar-refractivity contribution in [3.05, 3.63) is 54.4 Å². The van der Waals surface area contributed by atoms with Crippen LogP contribution >= 0.6 is 11.8 Å². The molecule has 1 saturated heterocycles. The number of pyridine rings is 1. The summed E-state index contributed by atoms with van der Waals surface area (Å²) in [7, 11) is 0. The second-order valence-electron chi connectivity index (χ2n) is 6.98. The zero-order valence-corrected chi connectivity index (χ0v) is 16.9. The number of aromatic nitrogens is 1. The molecule has 2 heterocycles. The monoisotopic (exact) mass is 398 g/mol. The Balaban J connectivity index is 1.38. The van der Waals surface area contributed by atoms with Crippen LogP contribution in [0.5, 0.6) is 0 Å². The van der Waals surface area contributed by atoms with E-state index in [1.165, 1.54) is 5.56 Å². The predicted octanol–water partition coefficient (Wildman–Crippen LogP) is 2.77. The number of rotatable bonds is 6. The molecule has 0 bridgehead atoms. The van der Waals surface area contributed by atoms with Gasteiger partial charge in [0.1, 0.15) is 0 Å². The third kappa shape index (κ3) is 6.07. The Kier molecular flexibility index (Phi) is 7.45. The minimum atomic E-state index is -0.618. The highest BCUT2D eigenvalue weighted by atomic mass is 32.2. The minimum absolute atomic E-state index is 0.404. The Morgan fingerprint density at radius 1 is 1.18 bits per heavy atom. The molecule has 1 aliphatic heterocycles. The summed E-state index contributed by atoms with van der Waals surface area (Å²) in [5.41, 5.74) is 1.85. The van der Waals surface area contributed by atoms with Gasteiger partial charge in [-0.3, -0.25) is 19.5 Å². The van der Waals surface area contributed by atoms with Crippen molar-refractivity contribution in [2.45, 2.75) is 24.3 Å². The summed E-state index contributed by atoms with van der Waals surface area (Å²) in [6.07, 6.45) is 7.68. The zero-order chi connectivity index (χ0) is 19.8. The van der Waals surface area contributed by atoms with Gasteiger partial charge in [0.15, 0.2) is 0 Å². The second-order valence-corrected chi connectivity index (χ2v) is 7.86. The second kappa shape index (κ2) is 10.2. The molecule has 0 atom stereocenters. The molecule has 1 aromatic carbocycles. The fraction of sp³-hybridized carbons (Fsp3) is 0.381. The van der Waals surface area contributed by atoms with Crippen molar-refractivity contribution in [3.63, 3.8) is 0 Å². The van der Waals surface area contributed by atoms with Crippen LogP contribution < -0.4 is 10.6 Å². The molecular weight excluding hydrogens is 372 g/mol. The number of nitrogens with one attached hydrogen (secondary N) is 2. The molecule has 2 amide bonds. The molecule has 2 N–H and O–H groups in total.